The zero-order valence-corrected chi connectivity index (χ0v) is 17.3. The second kappa shape index (κ2) is 8.98. The molecule has 7 heteroatoms. The highest BCUT2D eigenvalue weighted by Crippen LogP contribution is 2.32. The first kappa shape index (κ1) is 20.6. The van der Waals surface area contributed by atoms with Crippen LogP contribution in [0.1, 0.15) is 66.8 Å². The van der Waals surface area contributed by atoms with Gasteiger partial charge in [-0.05, 0) is 36.5 Å². The molecule has 4 amide bonds. The first-order valence-electron chi connectivity index (χ1n) is 11.0. The number of carbonyl (C=O) groups excluding carboxylic acids is 4. The van der Waals surface area contributed by atoms with Crippen LogP contribution in [0.15, 0.2) is 24.3 Å². The molecule has 0 aromatic heterocycles. The van der Waals surface area contributed by atoms with Crippen molar-refractivity contribution in [3.8, 4) is 0 Å². The SMILES string of the molecule is O=C(CN1C(=O)CCC1=O)N1CCN(C(=O)c2ccc(C3CCCCC3)cc2)CC1. The highest BCUT2D eigenvalue weighted by Gasteiger charge is 2.33. The molecule has 2 aliphatic heterocycles. The maximum Gasteiger partial charge on any atom is 0.253 e. The molecule has 0 unspecified atom stereocenters. The number of carbonyl (C=O) groups is 4. The smallest absolute Gasteiger partial charge is 0.253 e. The van der Waals surface area contributed by atoms with E-state index in [4.69, 9.17) is 0 Å². The summed E-state index contributed by atoms with van der Waals surface area (Å²) in [5.74, 6) is -0.186. The fourth-order valence-electron chi connectivity index (χ4n) is 4.71. The second-order valence-electron chi connectivity index (χ2n) is 8.50. The molecule has 3 fully saturated rings. The maximum atomic E-state index is 12.9. The summed E-state index contributed by atoms with van der Waals surface area (Å²) in [6, 6.07) is 8.03. The zero-order chi connectivity index (χ0) is 21.1. The van der Waals surface area contributed by atoms with Crippen LogP contribution in [0.2, 0.25) is 0 Å². The van der Waals surface area contributed by atoms with Gasteiger partial charge in [-0.25, -0.2) is 0 Å². The normalized spacial score (nSPS) is 20.7. The predicted octanol–water partition coefficient (Wildman–Crippen LogP) is 2.17. The Morgan fingerprint density at radius 1 is 0.800 bits per heavy atom. The molecule has 0 radical (unpaired) electrons. The first-order chi connectivity index (χ1) is 14.5. The number of imide groups is 1. The van der Waals surface area contributed by atoms with Crippen LogP contribution in [0.25, 0.3) is 0 Å². The van der Waals surface area contributed by atoms with E-state index in [-0.39, 0.29) is 43.0 Å². The van der Waals surface area contributed by atoms with Crippen molar-refractivity contribution in [1.29, 1.82) is 0 Å². The molecule has 3 aliphatic rings. The second-order valence-corrected chi connectivity index (χ2v) is 8.50. The van der Waals surface area contributed by atoms with Crippen molar-refractivity contribution in [3.05, 3.63) is 35.4 Å². The van der Waals surface area contributed by atoms with Gasteiger partial charge in [-0.3, -0.25) is 24.1 Å². The third-order valence-electron chi connectivity index (χ3n) is 6.60. The summed E-state index contributed by atoms with van der Waals surface area (Å²) < 4.78 is 0. The van der Waals surface area contributed by atoms with E-state index < -0.39 is 0 Å². The van der Waals surface area contributed by atoms with Crippen molar-refractivity contribution in [3.63, 3.8) is 0 Å². The molecule has 160 valence electrons. The van der Waals surface area contributed by atoms with Gasteiger partial charge in [0, 0.05) is 44.6 Å². The number of piperazine rings is 1. The summed E-state index contributed by atoms with van der Waals surface area (Å²) in [4.78, 5) is 53.2. The van der Waals surface area contributed by atoms with Crippen molar-refractivity contribution < 1.29 is 19.2 Å². The Balaban J connectivity index is 1.29. The molecule has 0 spiro atoms. The molecule has 7 nitrogen and oxygen atoms in total. The third-order valence-corrected chi connectivity index (χ3v) is 6.60. The van der Waals surface area contributed by atoms with Gasteiger partial charge < -0.3 is 9.80 Å². The van der Waals surface area contributed by atoms with Gasteiger partial charge in [0.15, 0.2) is 0 Å². The molecule has 1 saturated carbocycles. The fourth-order valence-corrected chi connectivity index (χ4v) is 4.71. The van der Waals surface area contributed by atoms with E-state index in [0.29, 0.717) is 37.7 Å². The minimum absolute atomic E-state index is 0.0119. The van der Waals surface area contributed by atoms with E-state index in [1.807, 2.05) is 12.1 Å². The van der Waals surface area contributed by atoms with Crippen molar-refractivity contribution in [1.82, 2.24) is 14.7 Å². The summed E-state index contributed by atoms with van der Waals surface area (Å²) in [6.45, 7) is 1.56. The van der Waals surface area contributed by atoms with Crippen LogP contribution in [0.3, 0.4) is 0 Å². The number of nitrogens with zero attached hydrogens (tertiary/aromatic N) is 3. The lowest BCUT2D eigenvalue weighted by Gasteiger charge is -2.35. The molecular weight excluding hydrogens is 382 g/mol. The molecule has 0 atom stereocenters. The zero-order valence-electron chi connectivity index (χ0n) is 17.3. The maximum absolute atomic E-state index is 12.9. The number of likely N-dealkylation sites (tertiary alicyclic amines) is 1. The van der Waals surface area contributed by atoms with Gasteiger partial charge in [-0.1, -0.05) is 31.4 Å². The van der Waals surface area contributed by atoms with Crippen LogP contribution in [0.4, 0.5) is 0 Å². The lowest BCUT2D eigenvalue weighted by molar-refractivity contribution is -0.146. The average molecular weight is 412 g/mol. The predicted molar refractivity (Wildman–Crippen MR) is 111 cm³/mol. The summed E-state index contributed by atoms with van der Waals surface area (Å²) in [7, 11) is 0. The minimum Gasteiger partial charge on any atom is -0.338 e. The Bertz CT molecular complexity index is 805. The van der Waals surface area contributed by atoms with Crippen molar-refractivity contribution in [2.75, 3.05) is 32.7 Å². The topological polar surface area (TPSA) is 78.0 Å². The van der Waals surface area contributed by atoms with E-state index in [2.05, 4.69) is 12.1 Å². The van der Waals surface area contributed by atoms with Crippen LogP contribution >= 0.6 is 0 Å². The quantitative estimate of drug-likeness (QED) is 0.712. The number of hydrogen-bond acceptors (Lipinski definition) is 4. The lowest BCUT2D eigenvalue weighted by Crippen LogP contribution is -2.53. The summed E-state index contributed by atoms with van der Waals surface area (Å²) in [5, 5.41) is 0. The van der Waals surface area contributed by atoms with Crippen molar-refractivity contribution >= 4 is 23.6 Å². The molecule has 30 heavy (non-hydrogen) atoms. The van der Waals surface area contributed by atoms with Gasteiger partial charge in [-0.15, -0.1) is 0 Å². The van der Waals surface area contributed by atoms with Crippen LogP contribution in [0, 0.1) is 0 Å². The van der Waals surface area contributed by atoms with Crippen LogP contribution in [0.5, 0.6) is 0 Å². The third kappa shape index (κ3) is 4.40. The number of amides is 4. The average Bonchev–Trinajstić information content (AvgIpc) is 3.11. The largest absolute Gasteiger partial charge is 0.338 e. The highest BCUT2D eigenvalue weighted by molar-refractivity contribution is 6.04. The summed E-state index contributed by atoms with van der Waals surface area (Å²) >= 11 is 0. The van der Waals surface area contributed by atoms with E-state index in [1.165, 1.54) is 37.7 Å². The van der Waals surface area contributed by atoms with Crippen LogP contribution < -0.4 is 0 Å². The first-order valence-corrected chi connectivity index (χ1v) is 11.0. The number of benzene rings is 1. The van der Waals surface area contributed by atoms with E-state index in [0.717, 1.165) is 4.90 Å². The fraction of sp³-hybridized carbons (Fsp3) is 0.565. The summed E-state index contributed by atoms with van der Waals surface area (Å²) in [5.41, 5.74) is 2.01. The number of rotatable bonds is 4. The van der Waals surface area contributed by atoms with E-state index >= 15 is 0 Å². The minimum atomic E-state index is -0.279. The summed E-state index contributed by atoms with van der Waals surface area (Å²) in [6.07, 6.45) is 6.74. The van der Waals surface area contributed by atoms with Gasteiger partial charge in [0.1, 0.15) is 6.54 Å². The molecule has 1 aromatic carbocycles. The Morgan fingerprint density at radius 3 is 1.97 bits per heavy atom. The standard InChI is InChI=1S/C23H29N3O4/c27-20-10-11-21(28)26(20)16-22(29)24-12-14-25(15-13-24)23(30)19-8-6-18(7-9-19)17-4-2-1-3-5-17/h6-9,17H,1-5,10-16H2. The molecule has 2 heterocycles. The molecule has 0 bridgehead atoms. The Labute approximate surface area is 177 Å². The van der Waals surface area contributed by atoms with Crippen molar-refractivity contribution in [2.45, 2.75) is 50.9 Å². The van der Waals surface area contributed by atoms with E-state index in [9.17, 15) is 19.2 Å². The lowest BCUT2D eigenvalue weighted by atomic mass is 9.84. The van der Waals surface area contributed by atoms with E-state index in [1.54, 1.807) is 9.80 Å². The van der Waals surface area contributed by atoms with Gasteiger partial charge in [0.05, 0.1) is 0 Å². The Morgan fingerprint density at radius 2 is 1.37 bits per heavy atom. The molecule has 1 aromatic rings. The van der Waals surface area contributed by atoms with Gasteiger partial charge in [0.25, 0.3) is 5.91 Å². The Hall–Kier alpha value is -2.70. The number of hydrogen-bond donors (Lipinski definition) is 0. The molecule has 0 N–H and O–H groups in total. The molecule has 4 rings (SSSR count). The van der Waals surface area contributed by atoms with Crippen LogP contribution in [-0.2, 0) is 14.4 Å². The Kier molecular flexibility index (Phi) is 6.16. The molecule has 2 saturated heterocycles. The highest BCUT2D eigenvalue weighted by atomic mass is 16.2. The van der Waals surface area contributed by atoms with Crippen LogP contribution in [-0.4, -0.2) is 71.1 Å². The van der Waals surface area contributed by atoms with Gasteiger partial charge in [-0.2, -0.15) is 0 Å². The van der Waals surface area contributed by atoms with Crippen molar-refractivity contribution in [2.24, 2.45) is 0 Å². The molecule has 1 aliphatic carbocycles. The van der Waals surface area contributed by atoms with Gasteiger partial charge >= 0.3 is 0 Å². The molecular formula is C23H29N3O4. The van der Waals surface area contributed by atoms with Gasteiger partial charge in [0.2, 0.25) is 17.7 Å². The monoisotopic (exact) mass is 411 g/mol.